The molecule has 0 fully saturated rings. The van der Waals surface area contributed by atoms with E-state index in [-0.39, 0.29) is 12.1 Å². The van der Waals surface area contributed by atoms with Crippen LogP contribution in [0.4, 0.5) is 22.0 Å². The Labute approximate surface area is 112 Å². The van der Waals surface area contributed by atoms with Gasteiger partial charge in [-0.2, -0.15) is 13.2 Å². The fourth-order valence-corrected chi connectivity index (χ4v) is 1.47. The smallest absolute Gasteiger partial charge is 0.387 e. The SMILES string of the molecule is OC(CNCC(O)C(F)F)c1ccc(C(F)(F)F)cc1. The molecule has 0 aliphatic carbocycles. The van der Waals surface area contributed by atoms with Crippen molar-refractivity contribution < 1.29 is 32.2 Å². The maximum Gasteiger partial charge on any atom is 0.416 e. The molecule has 0 radical (unpaired) electrons. The van der Waals surface area contributed by atoms with Crippen LogP contribution in [0.5, 0.6) is 0 Å². The van der Waals surface area contributed by atoms with Crippen LogP contribution in [-0.2, 0) is 6.18 Å². The first kappa shape index (κ1) is 16.8. The second-order valence-corrected chi connectivity index (χ2v) is 4.20. The lowest BCUT2D eigenvalue weighted by Crippen LogP contribution is -2.34. The van der Waals surface area contributed by atoms with E-state index in [0.717, 1.165) is 24.3 Å². The average Bonchev–Trinajstić information content (AvgIpc) is 2.37. The molecule has 0 heterocycles. The van der Waals surface area contributed by atoms with Gasteiger partial charge in [0, 0.05) is 13.1 Å². The summed E-state index contributed by atoms with van der Waals surface area (Å²) in [5.41, 5.74) is -0.619. The van der Waals surface area contributed by atoms with Gasteiger partial charge in [0.05, 0.1) is 11.7 Å². The Morgan fingerprint density at radius 3 is 2.00 bits per heavy atom. The third-order valence-corrected chi connectivity index (χ3v) is 2.60. The highest BCUT2D eigenvalue weighted by Gasteiger charge is 2.30. The molecular formula is C12H14F5NO2. The summed E-state index contributed by atoms with van der Waals surface area (Å²) >= 11 is 0. The molecule has 0 saturated heterocycles. The van der Waals surface area contributed by atoms with E-state index in [1.54, 1.807) is 0 Å². The van der Waals surface area contributed by atoms with E-state index in [1.807, 2.05) is 0 Å². The molecule has 8 heteroatoms. The van der Waals surface area contributed by atoms with Crippen molar-refractivity contribution in [1.82, 2.24) is 5.32 Å². The van der Waals surface area contributed by atoms with Crippen molar-refractivity contribution in [3.8, 4) is 0 Å². The van der Waals surface area contributed by atoms with Crippen LogP contribution >= 0.6 is 0 Å². The normalized spacial score (nSPS) is 15.4. The number of alkyl halides is 5. The minimum absolute atomic E-state index is 0.158. The van der Waals surface area contributed by atoms with E-state index in [0.29, 0.717) is 0 Å². The lowest BCUT2D eigenvalue weighted by molar-refractivity contribution is -0.137. The molecule has 114 valence electrons. The summed E-state index contributed by atoms with van der Waals surface area (Å²) in [6.45, 7) is -0.579. The van der Waals surface area contributed by atoms with Gasteiger partial charge < -0.3 is 15.5 Å². The highest BCUT2D eigenvalue weighted by molar-refractivity contribution is 5.26. The zero-order valence-electron chi connectivity index (χ0n) is 10.2. The molecule has 0 spiro atoms. The molecule has 0 aliphatic heterocycles. The molecule has 3 nitrogen and oxygen atoms in total. The second kappa shape index (κ2) is 6.96. The summed E-state index contributed by atoms with van der Waals surface area (Å²) < 4.78 is 60.9. The topological polar surface area (TPSA) is 52.5 Å². The fourth-order valence-electron chi connectivity index (χ4n) is 1.47. The maximum atomic E-state index is 12.3. The second-order valence-electron chi connectivity index (χ2n) is 4.20. The Morgan fingerprint density at radius 2 is 1.55 bits per heavy atom. The molecule has 3 N–H and O–H groups in total. The molecule has 0 saturated carbocycles. The van der Waals surface area contributed by atoms with Crippen molar-refractivity contribution in [3.63, 3.8) is 0 Å². The summed E-state index contributed by atoms with van der Waals surface area (Å²) in [4.78, 5) is 0. The van der Waals surface area contributed by atoms with Crippen molar-refractivity contribution in [1.29, 1.82) is 0 Å². The number of halogens is 5. The number of benzene rings is 1. The van der Waals surface area contributed by atoms with Gasteiger partial charge >= 0.3 is 6.18 Å². The van der Waals surface area contributed by atoms with Crippen molar-refractivity contribution in [3.05, 3.63) is 35.4 Å². The molecule has 1 aromatic carbocycles. The van der Waals surface area contributed by atoms with Crippen LogP contribution in [0.15, 0.2) is 24.3 Å². The van der Waals surface area contributed by atoms with Crippen LogP contribution in [-0.4, -0.2) is 35.8 Å². The first-order valence-corrected chi connectivity index (χ1v) is 5.74. The van der Waals surface area contributed by atoms with E-state index in [9.17, 15) is 27.1 Å². The largest absolute Gasteiger partial charge is 0.416 e. The number of hydrogen-bond acceptors (Lipinski definition) is 3. The van der Waals surface area contributed by atoms with E-state index in [1.165, 1.54) is 0 Å². The average molecular weight is 299 g/mol. The van der Waals surface area contributed by atoms with E-state index in [2.05, 4.69) is 5.32 Å². The highest BCUT2D eigenvalue weighted by atomic mass is 19.4. The van der Waals surface area contributed by atoms with E-state index >= 15 is 0 Å². The van der Waals surface area contributed by atoms with Gasteiger partial charge in [-0.15, -0.1) is 0 Å². The lowest BCUT2D eigenvalue weighted by atomic mass is 10.1. The molecule has 0 amide bonds. The van der Waals surface area contributed by atoms with Crippen molar-refractivity contribution in [2.45, 2.75) is 24.8 Å². The maximum absolute atomic E-state index is 12.3. The molecule has 1 aromatic rings. The molecule has 1 rings (SSSR count). The number of rotatable bonds is 6. The van der Waals surface area contributed by atoms with Crippen LogP contribution in [0, 0.1) is 0 Å². The summed E-state index contributed by atoms with van der Waals surface area (Å²) in [6.07, 6.45) is -10.4. The predicted molar refractivity (Wildman–Crippen MR) is 61.3 cm³/mol. The standard InChI is InChI=1S/C12H14F5NO2/c13-11(14)10(20)6-18-5-9(19)7-1-3-8(4-2-7)12(15,16)17/h1-4,9-11,18-20H,5-6H2. The van der Waals surface area contributed by atoms with Gasteiger partial charge in [-0.25, -0.2) is 8.78 Å². The van der Waals surface area contributed by atoms with E-state index in [4.69, 9.17) is 5.11 Å². The third-order valence-electron chi connectivity index (χ3n) is 2.60. The zero-order valence-corrected chi connectivity index (χ0v) is 10.2. The van der Waals surface area contributed by atoms with Crippen molar-refractivity contribution in [2.24, 2.45) is 0 Å². The van der Waals surface area contributed by atoms with Gasteiger partial charge in [0.1, 0.15) is 6.10 Å². The number of hydrogen-bond donors (Lipinski definition) is 3. The Hall–Kier alpha value is -1.25. The van der Waals surface area contributed by atoms with Crippen molar-refractivity contribution >= 4 is 0 Å². The summed E-state index contributed by atoms with van der Waals surface area (Å²) in [5.74, 6) is 0. The lowest BCUT2D eigenvalue weighted by Gasteiger charge is -2.15. The number of nitrogens with one attached hydrogen (secondary N) is 1. The van der Waals surface area contributed by atoms with Crippen LogP contribution in [0.3, 0.4) is 0 Å². The Morgan fingerprint density at radius 1 is 1.00 bits per heavy atom. The van der Waals surface area contributed by atoms with Gasteiger partial charge in [-0.05, 0) is 17.7 Å². The van der Waals surface area contributed by atoms with Gasteiger partial charge in [0.15, 0.2) is 0 Å². The Balaban J connectivity index is 2.50. The van der Waals surface area contributed by atoms with Crippen LogP contribution in [0.2, 0.25) is 0 Å². The summed E-state index contributed by atoms with van der Waals surface area (Å²) in [6, 6.07) is 3.87. The predicted octanol–water partition coefficient (Wildman–Crippen LogP) is 1.95. The molecule has 0 aromatic heterocycles. The number of aliphatic hydroxyl groups is 2. The Kier molecular flexibility index (Phi) is 5.85. The molecule has 2 atom stereocenters. The molecule has 0 aliphatic rings. The van der Waals surface area contributed by atoms with Gasteiger partial charge in [-0.3, -0.25) is 0 Å². The highest BCUT2D eigenvalue weighted by Crippen LogP contribution is 2.29. The molecular weight excluding hydrogens is 285 g/mol. The molecule has 0 bridgehead atoms. The quantitative estimate of drug-likeness (QED) is 0.704. The van der Waals surface area contributed by atoms with Gasteiger partial charge in [-0.1, -0.05) is 12.1 Å². The first-order valence-electron chi connectivity index (χ1n) is 5.74. The summed E-state index contributed by atoms with van der Waals surface area (Å²) in [5, 5.41) is 20.9. The van der Waals surface area contributed by atoms with Crippen LogP contribution in [0.1, 0.15) is 17.2 Å². The molecule has 20 heavy (non-hydrogen) atoms. The first-order chi connectivity index (χ1) is 9.21. The number of aliphatic hydroxyl groups excluding tert-OH is 2. The third kappa shape index (κ3) is 5.03. The van der Waals surface area contributed by atoms with Crippen molar-refractivity contribution in [2.75, 3.05) is 13.1 Å². The fraction of sp³-hybridized carbons (Fsp3) is 0.500. The Bertz CT molecular complexity index is 407. The van der Waals surface area contributed by atoms with Gasteiger partial charge in [0.2, 0.25) is 0 Å². The van der Waals surface area contributed by atoms with Gasteiger partial charge in [0.25, 0.3) is 6.43 Å². The van der Waals surface area contributed by atoms with Crippen LogP contribution < -0.4 is 5.32 Å². The van der Waals surface area contributed by atoms with E-state index < -0.39 is 36.9 Å². The molecule has 2 unspecified atom stereocenters. The minimum Gasteiger partial charge on any atom is -0.387 e. The monoisotopic (exact) mass is 299 g/mol. The van der Waals surface area contributed by atoms with Crippen LogP contribution in [0.25, 0.3) is 0 Å². The minimum atomic E-state index is -4.46. The zero-order chi connectivity index (χ0) is 15.3. The summed E-state index contributed by atoms with van der Waals surface area (Å²) in [7, 11) is 0.